The molecule has 2 fully saturated rings. The van der Waals surface area contributed by atoms with Gasteiger partial charge in [-0.05, 0) is 56.4 Å². The summed E-state index contributed by atoms with van der Waals surface area (Å²) < 4.78 is 14.0. The second kappa shape index (κ2) is 6.65. The van der Waals surface area contributed by atoms with Gasteiger partial charge in [-0.3, -0.25) is 0 Å². The minimum absolute atomic E-state index is 0.0298. The zero-order valence-electron chi connectivity index (χ0n) is 17.9. The van der Waals surface area contributed by atoms with Crippen LogP contribution < -0.4 is 4.57 Å². The van der Waals surface area contributed by atoms with E-state index in [1.165, 1.54) is 74.7 Å². The van der Waals surface area contributed by atoms with E-state index in [1.54, 1.807) is 0 Å². The van der Waals surface area contributed by atoms with Gasteiger partial charge < -0.3 is 0 Å². The third-order valence-corrected chi connectivity index (χ3v) is 7.67. The first kappa shape index (κ1) is 16.2. The molecule has 1 aromatic heterocycles. The Morgan fingerprint density at radius 2 is 1.59 bits per heavy atom. The van der Waals surface area contributed by atoms with Gasteiger partial charge in [0.05, 0.1) is 0 Å². The zero-order valence-corrected chi connectivity index (χ0v) is 16.9. The van der Waals surface area contributed by atoms with Crippen molar-refractivity contribution in [3.63, 3.8) is 0 Å². The van der Waals surface area contributed by atoms with Crippen molar-refractivity contribution in [3.05, 3.63) is 53.6 Å². The summed E-state index contributed by atoms with van der Waals surface area (Å²) in [5, 5.41) is 0. The standard InChI is InChI=1S/C25H33N2/c1-19-10-6-9-15-23(19)26-18-27-24(20(26)2)16-17-25(27,22-13-7-8-14-22)21-11-4-3-5-12-21/h6,9-10,15-18,21-22H,3-5,7-8,11-14H2,1-2H3/q+1/i18D. The van der Waals surface area contributed by atoms with Crippen LogP contribution in [-0.4, -0.2) is 4.57 Å². The van der Waals surface area contributed by atoms with Gasteiger partial charge in [-0.15, -0.1) is 0 Å². The fraction of sp³-hybridized carbons (Fsp3) is 0.560. The van der Waals surface area contributed by atoms with Gasteiger partial charge in [0, 0.05) is 18.8 Å². The summed E-state index contributed by atoms with van der Waals surface area (Å²) in [7, 11) is 0. The molecule has 2 heterocycles. The zero-order chi connectivity index (χ0) is 19.3. The summed E-state index contributed by atoms with van der Waals surface area (Å²) in [6, 6.07) is 8.51. The highest BCUT2D eigenvalue weighted by Crippen LogP contribution is 2.52. The molecule has 3 aliphatic rings. The number of para-hydroxylation sites is 1. The van der Waals surface area contributed by atoms with Gasteiger partial charge in [-0.2, -0.15) is 4.57 Å². The van der Waals surface area contributed by atoms with E-state index in [-0.39, 0.29) is 5.54 Å². The normalized spacial score (nSPS) is 26.5. The monoisotopic (exact) mass is 362 g/mol. The molecule has 27 heavy (non-hydrogen) atoms. The van der Waals surface area contributed by atoms with E-state index in [1.807, 2.05) is 0 Å². The van der Waals surface area contributed by atoms with Crippen molar-refractivity contribution >= 4 is 6.08 Å². The Kier molecular flexibility index (Phi) is 3.98. The van der Waals surface area contributed by atoms with Crippen LogP contribution in [0.25, 0.3) is 11.8 Å². The lowest BCUT2D eigenvalue weighted by atomic mass is 9.67. The fourth-order valence-electron chi connectivity index (χ4n) is 6.26. The van der Waals surface area contributed by atoms with Crippen molar-refractivity contribution in [1.82, 2.24) is 4.57 Å². The first-order valence-corrected chi connectivity index (χ1v) is 11.0. The summed E-state index contributed by atoms with van der Waals surface area (Å²) >= 11 is 0. The number of hydrogen-bond acceptors (Lipinski definition) is 0. The molecule has 1 aliphatic heterocycles. The van der Waals surface area contributed by atoms with Crippen LogP contribution in [0.3, 0.4) is 0 Å². The molecular formula is C25H33N2+. The summed E-state index contributed by atoms with van der Waals surface area (Å²) in [5.41, 5.74) is 4.91. The van der Waals surface area contributed by atoms with Gasteiger partial charge in [0.15, 0.2) is 12.8 Å². The molecule has 0 spiro atoms. The average molecular weight is 363 g/mol. The van der Waals surface area contributed by atoms with E-state index in [4.69, 9.17) is 0 Å². The van der Waals surface area contributed by atoms with E-state index in [9.17, 15) is 1.37 Å². The molecule has 0 radical (unpaired) electrons. The first-order chi connectivity index (χ1) is 13.6. The fourth-order valence-corrected chi connectivity index (χ4v) is 6.26. The highest BCUT2D eigenvalue weighted by atomic mass is 15.2. The van der Waals surface area contributed by atoms with Crippen LogP contribution in [0.2, 0.25) is 0 Å². The second-order valence-corrected chi connectivity index (χ2v) is 9.06. The SMILES string of the molecule is [2H]c1n2c(c(C)[n+]1-c1ccccc1C)C=CC2(C1CCCCC1)C1CCCC1. The molecule has 5 rings (SSSR count). The van der Waals surface area contributed by atoms with Crippen LogP contribution in [0.4, 0.5) is 0 Å². The molecule has 142 valence electrons. The highest BCUT2D eigenvalue weighted by molar-refractivity contribution is 5.55. The van der Waals surface area contributed by atoms with Crippen molar-refractivity contribution < 1.29 is 5.94 Å². The van der Waals surface area contributed by atoms with E-state index in [0.29, 0.717) is 18.1 Å². The maximum Gasteiger partial charge on any atom is 0.250 e. The predicted molar refractivity (Wildman–Crippen MR) is 111 cm³/mol. The molecule has 1 aromatic carbocycles. The van der Waals surface area contributed by atoms with Crippen molar-refractivity contribution in [1.29, 1.82) is 0 Å². The minimum Gasteiger partial charge on any atom is -0.220 e. The van der Waals surface area contributed by atoms with Crippen LogP contribution >= 0.6 is 0 Å². The van der Waals surface area contributed by atoms with Crippen LogP contribution in [-0.2, 0) is 5.54 Å². The third kappa shape index (κ3) is 2.56. The van der Waals surface area contributed by atoms with Crippen molar-refractivity contribution in [2.24, 2.45) is 11.8 Å². The van der Waals surface area contributed by atoms with Gasteiger partial charge >= 0.3 is 0 Å². The quantitative estimate of drug-likeness (QED) is 0.603. The number of nitrogens with zero attached hydrogens (tertiary/aromatic N) is 2. The maximum absolute atomic E-state index is 9.31. The molecule has 2 saturated carbocycles. The van der Waals surface area contributed by atoms with Crippen molar-refractivity contribution in [2.45, 2.75) is 77.2 Å². The number of rotatable bonds is 3. The van der Waals surface area contributed by atoms with Crippen molar-refractivity contribution in [2.75, 3.05) is 0 Å². The summed E-state index contributed by atoms with van der Waals surface area (Å²) in [4.78, 5) is 0. The van der Waals surface area contributed by atoms with Crippen LogP contribution in [0, 0.1) is 25.7 Å². The predicted octanol–water partition coefficient (Wildman–Crippen LogP) is 5.87. The van der Waals surface area contributed by atoms with Crippen LogP contribution in [0.5, 0.6) is 0 Å². The van der Waals surface area contributed by atoms with Gasteiger partial charge in [-0.25, -0.2) is 4.57 Å². The molecule has 2 heteroatoms. The van der Waals surface area contributed by atoms with E-state index in [2.05, 4.69) is 59.4 Å². The molecule has 1 unspecified atom stereocenters. The van der Waals surface area contributed by atoms with Gasteiger partial charge in [-0.1, -0.05) is 50.3 Å². The smallest absolute Gasteiger partial charge is 0.220 e. The number of allylic oxidation sites excluding steroid dienone is 1. The molecule has 2 nitrogen and oxygen atoms in total. The van der Waals surface area contributed by atoms with E-state index in [0.717, 1.165) is 5.69 Å². The first-order valence-electron chi connectivity index (χ1n) is 11.5. The number of hydrogen-bond donors (Lipinski definition) is 0. The van der Waals surface area contributed by atoms with E-state index >= 15 is 0 Å². The summed E-state index contributed by atoms with van der Waals surface area (Å²) in [6.45, 7) is 4.36. The Morgan fingerprint density at radius 3 is 2.26 bits per heavy atom. The second-order valence-electron chi connectivity index (χ2n) is 9.06. The lowest BCUT2D eigenvalue weighted by Gasteiger charge is -2.41. The number of fused-ring (bicyclic) bond motifs is 1. The molecule has 2 aromatic rings. The maximum atomic E-state index is 9.31. The number of aryl methyl sites for hydroxylation is 1. The van der Waals surface area contributed by atoms with Gasteiger partial charge in [0.1, 0.15) is 11.2 Å². The molecular weight excluding hydrogens is 328 g/mol. The topological polar surface area (TPSA) is 8.81 Å². The molecule has 2 aliphatic carbocycles. The number of imidazole rings is 1. The Hall–Kier alpha value is -1.83. The Morgan fingerprint density at radius 1 is 0.963 bits per heavy atom. The molecule has 0 N–H and O–H groups in total. The average Bonchev–Trinajstić information content (AvgIpc) is 3.43. The lowest BCUT2D eigenvalue weighted by molar-refractivity contribution is -0.602. The molecule has 0 amide bonds. The van der Waals surface area contributed by atoms with Gasteiger partial charge in [0.2, 0.25) is 6.30 Å². The molecule has 0 saturated heterocycles. The van der Waals surface area contributed by atoms with Crippen molar-refractivity contribution in [3.8, 4) is 5.69 Å². The van der Waals surface area contributed by atoms with E-state index < -0.39 is 0 Å². The Balaban J connectivity index is 1.71. The lowest BCUT2D eigenvalue weighted by Crippen LogP contribution is -2.45. The summed E-state index contributed by atoms with van der Waals surface area (Å²) in [5.74, 6) is 1.37. The summed E-state index contributed by atoms with van der Waals surface area (Å²) in [6.07, 6.45) is 17.6. The largest absolute Gasteiger partial charge is 0.250 e. The Bertz CT molecular complexity index is 913. The molecule has 1 atom stereocenters. The van der Waals surface area contributed by atoms with Gasteiger partial charge in [0.25, 0.3) is 0 Å². The highest BCUT2D eigenvalue weighted by Gasteiger charge is 2.53. The van der Waals surface area contributed by atoms with Crippen LogP contribution in [0.1, 0.15) is 76.1 Å². The number of benzene rings is 1. The number of aromatic nitrogens is 2. The minimum atomic E-state index is 0.0298. The Labute approximate surface area is 165 Å². The molecule has 0 bridgehead atoms. The third-order valence-electron chi connectivity index (χ3n) is 7.67. The van der Waals surface area contributed by atoms with Crippen LogP contribution in [0.15, 0.2) is 36.6 Å².